The van der Waals surface area contributed by atoms with Gasteiger partial charge in [-0.25, -0.2) is 8.42 Å². The molecule has 0 bridgehead atoms. The molecule has 1 atom stereocenters. The van der Waals surface area contributed by atoms with Crippen LogP contribution in [0.1, 0.15) is 13.8 Å². The lowest BCUT2D eigenvalue weighted by molar-refractivity contribution is 0.579. The molecule has 2 rings (SSSR count). The van der Waals surface area contributed by atoms with E-state index in [1.165, 1.54) is 0 Å². The fourth-order valence-corrected chi connectivity index (χ4v) is 3.37. The summed E-state index contributed by atoms with van der Waals surface area (Å²) in [6, 6.07) is 11.4. The van der Waals surface area contributed by atoms with E-state index in [1.807, 2.05) is 37.3 Å². The van der Waals surface area contributed by atoms with E-state index < -0.39 is 15.3 Å². The van der Waals surface area contributed by atoms with Crippen LogP contribution in [0.3, 0.4) is 0 Å². The minimum Gasteiger partial charge on any atom is -0.316 e. The largest absolute Gasteiger partial charge is 0.316 e. The van der Waals surface area contributed by atoms with Crippen molar-refractivity contribution >= 4 is 42.4 Å². The lowest BCUT2D eigenvalue weighted by Crippen LogP contribution is -2.34. The maximum atomic E-state index is 12.2. The van der Waals surface area contributed by atoms with Gasteiger partial charge in [-0.2, -0.15) is 0 Å². The summed E-state index contributed by atoms with van der Waals surface area (Å²) >= 11 is 3.42. The molecule has 0 aromatic heterocycles. The van der Waals surface area contributed by atoms with Gasteiger partial charge in [0.15, 0.2) is 0 Å². The maximum Gasteiger partial charge on any atom is 0.236 e. The third-order valence-corrected chi connectivity index (χ3v) is 5.51. The van der Waals surface area contributed by atoms with Crippen molar-refractivity contribution in [2.45, 2.75) is 19.1 Å². The van der Waals surface area contributed by atoms with Crippen LogP contribution in [0, 0.1) is 0 Å². The molecule has 0 radical (unpaired) electrons. The van der Waals surface area contributed by atoms with Gasteiger partial charge in [-0.3, -0.25) is 4.72 Å². The van der Waals surface area contributed by atoms with Crippen LogP contribution in [0.25, 0.3) is 10.8 Å². The van der Waals surface area contributed by atoms with Gasteiger partial charge < -0.3 is 5.32 Å². The summed E-state index contributed by atoms with van der Waals surface area (Å²) < 4.78 is 28.1. The Kier molecular flexibility index (Phi) is 5.24. The summed E-state index contributed by atoms with van der Waals surface area (Å²) in [7, 11) is -3.38. The minimum absolute atomic E-state index is 0.437. The number of hydrogen-bond donors (Lipinski definition) is 2. The molecule has 0 aliphatic rings. The van der Waals surface area contributed by atoms with Gasteiger partial charge in [0.2, 0.25) is 10.0 Å². The van der Waals surface area contributed by atoms with E-state index in [9.17, 15) is 8.42 Å². The van der Waals surface area contributed by atoms with Crippen molar-refractivity contribution in [1.29, 1.82) is 0 Å². The Balaban J connectivity index is 2.21. The van der Waals surface area contributed by atoms with Crippen LogP contribution >= 0.6 is 15.9 Å². The Morgan fingerprint density at radius 2 is 1.81 bits per heavy atom. The molecule has 0 aliphatic carbocycles. The highest BCUT2D eigenvalue weighted by molar-refractivity contribution is 9.10. The molecule has 0 aliphatic heterocycles. The molecule has 0 fully saturated rings. The third kappa shape index (κ3) is 4.18. The normalized spacial score (nSPS) is 13.3. The van der Waals surface area contributed by atoms with Crippen LogP contribution in [0.15, 0.2) is 40.9 Å². The number of hydrogen-bond acceptors (Lipinski definition) is 3. The molecule has 0 saturated heterocycles. The predicted molar refractivity (Wildman–Crippen MR) is 92.2 cm³/mol. The van der Waals surface area contributed by atoms with Crippen LogP contribution in [0.2, 0.25) is 0 Å². The van der Waals surface area contributed by atoms with E-state index in [2.05, 4.69) is 26.0 Å². The highest BCUT2D eigenvalue weighted by Crippen LogP contribution is 2.23. The van der Waals surface area contributed by atoms with Crippen molar-refractivity contribution in [2.75, 3.05) is 17.8 Å². The van der Waals surface area contributed by atoms with Crippen LogP contribution < -0.4 is 10.0 Å². The molecule has 0 amide bonds. The molecule has 2 aromatic rings. The summed E-state index contributed by atoms with van der Waals surface area (Å²) in [5, 5.41) is 4.62. The van der Waals surface area contributed by atoms with E-state index in [0.29, 0.717) is 12.2 Å². The molecule has 21 heavy (non-hydrogen) atoms. The fraction of sp³-hybridized carbons (Fsp3) is 0.333. The molecule has 2 N–H and O–H groups in total. The molecule has 1 unspecified atom stereocenters. The Morgan fingerprint density at radius 1 is 1.14 bits per heavy atom. The summed E-state index contributed by atoms with van der Waals surface area (Å²) in [6.45, 7) is 4.84. The first-order valence-electron chi connectivity index (χ1n) is 6.84. The third-order valence-electron chi connectivity index (χ3n) is 3.27. The first-order chi connectivity index (χ1) is 9.92. The van der Waals surface area contributed by atoms with E-state index in [1.54, 1.807) is 13.0 Å². The van der Waals surface area contributed by atoms with Gasteiger partial charge in [-0.05, 0) is 48.5 Å². The summed E-state index contributed by atoms with van der Waals surface area (Å²) in [6.07, 6.45) is 0. The van der Waals surface area contributed by atoms with Crippen molar-refractivity contribution in [3.8, 4) is 0 Å². The standard InChI is InChI=1S/C15H19BrN2O2S/c1-3-17-10-11(2)21(19,20)18-15-7-5-12-8-14(16)6-4-13(12)9-15/h4-9,11,17-18H,3,10H2,1-2H3. The van der Waals surface area contributed by atoms with Gasteiger partial charge in [-0.1, -0.05) is 35.0 Å². The summed E-state index contributed by atoms with van der Waals surface area (Å²) in [5.41, 5.74) is 0.591. The molecular weight excluding hydrogens is 352 g/mol. The number of anilines is 1. The smallest absolute Gasteiger partial charge is 0.236 e. The van der Waals surface area contributed by atoms with Gasteiger partial charge >= 0.3 is 0 Å². The predicted octanol–water partition coefficient (Wildman–Crippen LogP) is 3.34. The van der Waals surface area contributed by atoms with Crippen molar-refractivity contribution in [3.63, 3.8) is 0 Å². The first-order valence-corrected chi connectivity index (χ1v) is 9.18. The van der Waals surface area contributed by atoms with Crippen LogP contribution in [-0.2, 0) is 10.0 Å². The Bertz CT molecular complexity index is 732. The zero-order valence-corrected chi connectivity index (χ0v) is 14.5. The quantitative estimate of drug-likeness (QED) is 0.819. The number of benzene rings is 2. The first kappa shape index (κ1) is 16.3. The SMILES string of the molecule is CCNCC(C)S(=O)(=O)Nc1ccc2cc(Br)ccc2c1. The van der Waals surface area contributed by atoms with E-state index in [0.717, 1.165) is 21.8 Å². The van der Waals surface area contributed by atoms with Gasteiger partial charge in [0.05, 0.1) is 5.25 Å². The zero-order chi connectivity index (χ0) is 15.5. The summed E-state index contributed by atoms with van der Waals surface area (Å²) in [5.74, 6) is 0. The van der Waals surface area contributed by atoms with Gasteiger partial charge in [-0.15, -0.1) is 0 Å². The zero-order valence-electron chi connectivity index (χ0n) is 12.1. The molecule has 0 spiro atoms. The van der Waals surface area contributed by atoms with Gasteiger partial charge in [0.25, 0.3) is 0 Å². The topological polar surface area (TPSA) is 58.2 Å². The van der Waals surface area contributed by atoms with Crippen molar-refractivity contribution in [1.82, 2.24) is 5.32 Å². The van der Waals surface area contributed by atoms with Crippen molar-refractivity contribution in [2.24, 2.45) is 0 Å². The van der Waals surface area contributed by atoms with Crippen molar-refractivity contribution in [3.05, 3.63) is 40.9 Å². The monoisotopic (exact) mass is 370 g/mol. The Morgan fingerprint density at radius 3 is 2.52 bits per heavy atom. The average molecular weight is 371 g/mol. The Hall–Kier alpha value is -1.11. The molecule has 4 nitrogen and oxygen atoms in total. The molecule has 6 heteroatoms. The second-order valence-corrected chi connectivity index (χ2v) is 7.99. The number of sulfonamides is 1. The maximum absolute atomic E-state index is 12.2. The van der Waals surface area contributed by atoms with Crippen LogP contribution in [0.4, 0.5) is 5.69 Å². The Labute approximate surface area is 134 Å². The lowest BCUT2D eigenvalue weighted by atomic mass is 10.1. The van der Waals surface area contributed by atoms with E-state index in [-0.39, 0.29) is 0 Å². The second-order valence-electron chi connectivity index (χ2n) is 4.97. The van der Waals surface area contributed by atoms with E-state index in [4.69, 9.17) is 0 Å². The minimum atomic E-state index is -3.38. The second kappa shape index (κ2) is 6.77. The van der Waals surface area contributed by atoms with Gasteiger partial charge in [0.1, 0.15) is 0 Å². The summed E-state index contributed by atoms with van der Waals surface area (Å²) in [4.78, 5) is 0. The molecule has 114 valence electrons. The fourth-order valence-electron chi connectivity index (χ4n) is 2.00. The number of halogens is 1. The van der Waals surface area contributed by atoms with Crippen LogP contribution in [-0.4, -0.2) is 26.8 Å². The molecular formula is C15H19BrN2O2S. The average Bonchev–Trinajstić information content (AvgIpc) is 2.44. The van der Waals surface area contributed by atoms with Crippen molar-refractivity contribution < 1.29 is 8.42 Å². The molecule has 0 saturated carbocycles. The van der Waals surface area contributed by atoms with Crippen LogP contribution in [0.5, 0.6) is 0 Å². The highest BCUT2D eigenvalue weighted by atomic mass is 79.9. The molecule has 2 aromatic carbocycles. The number of fused-ring (bicyclic) bond motifs is 1. The van der Waals surface area contributed by atoms with Gasteiger partial charge in [0, 0.05) is 16.7 Å². The lowest BCUT2D eigenvalue weighted by Gasteiger charge is -2.15. The molecule has 0 heterocycles. The number of rotatable bonds is 6. The number of nitrogens with one attached hydrogen (secondary N) is 2. The van der Waals surface area contributed by atoms with E-state index >= 15 is 0 Å². The highest BCUT2D eigenvalue weighted by Gasteiger charge is 2.20.